The third kappa shape index (κ3) is 3.09. The largest absolute Gasteiger partial charge is 0.478 e. The number of aryl methyl sites for hydroxylation is 1. The lowest BCUT2D eigenvalue weighted by atomic mass is 9.89. The van der Waals surface area contributed by atoms with Gasteiger partial charge < -0.3 is 28.6 Å². The quantitative estimate of drug-likeness (QED) is 0.570. The van der Waals surface area contributed by atoms with Crippen molar-refractivity contribution < 1.29 is 28.5 Å². The summed E-state index contributed by atoms with van der Waals surface area (Å²) >= 11 is 0. The van der Waals surface area contributed by atoms with Crippen LogP contribution in [0.25, 0.3) is 0 Å². The summed E-state index contributed by atoms with van der Waals surface area (Å²) in [5.74, 6) is 3.45. The average molecular weight is 431 g/mol. The summed E-state index contributed by atoms with van der Waals surface area (Å²) < 4.78 is 28.1. The number of para-hydroxylation sites is 1. The van der Waals surface area contributed by atoms with Gasteiger partial charge in [-0.15, -0.1) is 0 Å². The average Bonchev–Trinajstić information content (AvgIpc) is 3.47. The first kappa shape index (κ1) is 18.9. The SMILES string of the molecule is Cc1ccccc1O[C@H]1C(=O)N(Cc2ccc3c(c2)OCO3)[C@@H]1c1ccc2c(c1)OCO2. The van der Waals surface area contributed by atoms with Crippen molar-refractivity contribution >= 4 is 5.91 Å². The van der Waals surface area contributed by atoms with Crippen LogP contribution in [0.5, 0.6) is 28.7 Å². The number of rotatable bonds is 5. The molecule has 2 atom stereocenters. The molecule has 0 bridgehead atoms. The van der Waals surface area contributed by atoms with Crippen LogP contribution in [-0.2, 0) is 11.3 Å². The second kappa shape index (κ2) is 7.37. The standard InChI is InChI=1S/C25H21NO6/c1-15-4-2-3-5-18(15)32-24-23(17-7-9-20-22(11-17)31-14-29-20)26(25(24)27)12-16-6-8-19-21(10-16)30-13-28-19/h2-11,23-24H,12-14H2,1H3/t23-,24-/m1/s1. The van der Waals surface area contributed by atoms with Crippen molar-refractivity contribution in [3.8, 4) is 28.7 Å². The molecule has 0 aromatic heterocycles. The lowest BCUT2D eigenvalue weighted by Crippen LogP contribution is -2.60. The van der Waals surface area contributed by atoms with Gasteiger partial charge in [0.1, 0.15) is 11.8 Å². The van der Waals surface area contributed by atoms with Gasteiger partial charge in [-0.1, -0.05) is 30.3 Å². The van der Waals surface area contributed by atoms with Crippen molar-refractivity contribution in [2.75, 3.05) is 13.6 Å². The minimum absolute atomic E-state index is 0.0615. The molecule has 0 N–H and O–H groups in total. The maximum Gasteiger partial charge on any atom is 0.267 e. The third-order valence-electron chi connectivity index (χ3n) is 6.02. The Labute approximate surface area is 185 Å². The van der Waals surface area contributed by atoms with E-state index in [1.807, 2.05) is 72.5 Å². The number of likely N-dealkylation sites (tertiary alicyclic amines) is 1. The Morgan fingerprint density at radius 2 is 1.56 bits per heavy atom. The van der Waals surface area contributed by atoms with Gasteiger partial charge in [0.25, 0.3) is 5.91 Å². The number of nitrogens with zero attached hydrogens (tertiary/aromatic N) is 1. The van der Waals surface area contributed by atoms with Crippen molar-refractivity contribution in [3.05, 3.63) is 77.4 Å². The molecule has 6 rings (SSSR count). The van der Waals surface area contributed by atoms with Crippen LogP contribution in [0.1, 0.15) is 22.7 Å². The van der Waals surface area contributed by atoms with Crippen LogP contribution in [0.4, 0.5) is 0 Å². The maximum atomic E-state index is 13.2. The normalized spacial score (nSPS) is 20.3. The van der Waals surface area contributed by atoms with E-state index in [1.165, 1.54) is 0 Å². The lowest BCUT2D eigenvalue weighted by molar-refractivity contribution is -0.165. The summed E-state index contributed by atoms with van der Waals surface area (Å²) in [6.07, 6.45) is -0.620. The Balaban J connectivity index is 1.32. The van der Waals surface area contributed by atoms with Gasteiger partial charge in [0.15, 0.2) is 23.0 Å². The van der Waals surface area contributed by atoms with E-state index in [0.717, 1.165) is 22.4 Å². The van der Waals surface area contributed by atoms with Crippen molar-refractivity contribution in [1.82, 2.24) is 4.90 Å². The van der Waals surface area contributed by atoms with E-state index >= 15 is 0 Å². The molecular formula is C25H21NO6. The van der Waals surface area contributed by atoms with Crippen LogP contribution < -0.4 is 23.7 Å². The Morgan fingerprint density at radius 1 is 0.875 bits per heavy atom. The van der Waals surface area contributed by atoms with Crippen molar-refractivity contribution in [1.29, 1.82) is 0 Å². The fraction of sp³-hybridized carbons (Fsp3) is 0.240. The highest BCUT2D eigenvalue weighted by Crippen LogP contribution is 2.43. The predicted molar refractivity (Wildman–Crippen MR) is 114 cm³/mol. The lowest BCUT2D eigenvalue weighted by Gasteiger charge is -2.47. The van der Waals surface area contributed by atoms with Crippen LogP contribution in [0, 0.1) is 6.92 Å². The van der Waals surface area contributed by atoms with Gasteiger partial charge >= 0.3 is 0 Å². The second-order valence-corrected chi connectivity index (χ2v) is 8.02. The summed E-state index contributed by atoms with van der Waals surface area (Å²) in [4.78, 5) is 15.0. The molecule has 3 aromatic carbocycles. The Kier molecular flexibility index (Phi) is 4.35. The van der Waals surface area contributed by atoms with Crippen LogP contribution in [0.2, 0.25) is 0 Å². The summed E-state index contributed by atoms with van der Waals surface area (Å²) in [6, 6.07) is 19.0. The smallest absolute Gasteiger partial charge is 0.267 e. The first-order valence-corrected chi connectivity index (χ1v) is 10.5. The van der Waals surface area contributed by atoms with Gasteiger partial charge in [-0.2, -0.15) is 0 Å². The highest BCUT2D eigenvalue weighted by atomic mass is 16.7. The molecule has 7 nitrogen and oxygen atoms in total. The first-order valence-electron chi connectivity index (χ1n) is 10.5. The summed E-state index contributed by atoms with van der Waals surface area (Å²) in [7, 11) is 0. The topological polar surface area (TPSA) is 66.5 Å². The van der Waals surface area contributed by atoms with Gasteiger partial charge in [0.05, 0.1) is 0 Å². The highest BCUT2D eigenvalue weighted by molar-refractivity contribution is 5.89. The van der Waals surface area contributed by atoms with Gasteiger partial charge in [-0.25, -0.2) is 0 Å². The molecule has 0 unspecified atom stereocenters. The van der Waals surface area contributed by atoms with Crippen molar-refractivity contribution in [2.24, 2.45) is 0 Å². The van der Waals surface area contributed by atoms with E-state index in [-0.39, 0.29) is 25.5 Å². The van der Waals surface area contributed by atoms with Crippen LogP contribution in [-0.4, -0.2) is 30.5 Å². The third-order valence-corrected chi connectivity index (χ3v) is 6.02. The number of carbonyl (C=O) groups is 1. The van der Waals surface area contributed by atoms with E-state index in [9.17, 15) is 4.79 Å². The molecule has 0 spiro atoms. The molecule has 0 aliphatic carbocycles. The Morgan fingerprint density at radius 3 is 2.34 bits per heavy atom. The molecule has 0 saturated carbocycles. The summed E-state index contributed by atoms with van der Waals surface area (Å²) in [6.45, 7) is 2.82. The monoisotopic (exact) mass is 431 g/mol. The predicted octanol–water partition coefficient (Wildman–Crippen LogP) is 3.98. The number of amides is 1. The van der Waals surface area contributed by atoms with Crippen LogP contribution in [0.3, 0.4) is 0 Å². The number of hydrogen-bond donors (Lipinski definition) is 0. The number of β-lactam (4-membered cyclic amide) rings is 1. The number of ether oxygens (including phenoxy) is 5. The molecule has 162 valence electrons. The Bertz CT molecular complexity index is 1210. The van der Waals surface area contributed by atoms with Gasteiger partial charge in [0, 0.05) is 6.54 Å². The fourth-order valence-electron chi connectivity index (χ4n) is 4.32. The highest BCUT2D eigenvalue weighted by Gasteiger charge is 2.50. The number of carbonyl (C=O) groups excluding carboxylic acids is 1. The molecule has 3 aliphatic heterocycles. The van der Waals surface area contributed by atoms with E-state index in [0.29, 0.717) is 29.5 Å². The molecular weight excluding hydrogens is 410 g/mol. The minimum Gasteiger partial charge on any atom is -0.478 e. The van der Waals surface area contributed by atoms with Gasteiger partial charge in [0.2, 0.25) is 19.7 Å². The molecule has 3 aromatic rings. The molecule has 3 aliphatic rings. The summed E-state index contributed by atoms with van der Waals surface area (Å²) in [5.41, 5.74) is 2.88. The van der Waals surface area contributed by atoms with Gasteiger partial charge in [-0.3, -0.25) is 4.79 Å². The molecule has 1 amide bonds. The van der Waals surface area contributed by atoms with Crippen molar-refractivity contribution in [3.63, 3.8) is 0 Å². The number of fused-ring (bicyclic) bond motifs is 2. The van der Waals surface area contributed by atoms with Gasteiger partial charge in [-0.05, 0) is 53.9 Å². The zero-order chi connectivity index (χ0) is 21.7. The zero-order valence-corrected chi connectivity index (χ0v) is 17.4. The molecule has 0 radical (unpaired) electrons. The number of hydrogen-bond acceptors (Lipinski definition) is 6. The fourth-order valence-corrected chi connectivity index (χ4v) is 4.32. The molecule has 32 heavy (non-hydrogen) atoms. The molecule has 1 saturated heterocycles. The van der Waals surface area contributed by atoms with E-state index in [4.69, 9.17) is 23.7 Å². The summed E-state index contributed by atoms with van der Waals surface area (Å²) in [5, 5.41) is 0. The maximum absolute atomic E-state index is 13.2. The van der Waals surface area contributed by atoms with Crippen LogP contribution in [0.15, 0.2) is 60.7 Å². The second-order valence-electron chi connectivity index (χ2n) is 8.02. The first-order chi connectivity index (χ1) is 15.7. The minimum atomic E-state index is -0.620. The van der Waals surface area contributed by atoms with Crippen LogP contribution >= 0.6 is 0 Å². The van der Waals surface area contributed by atoms with E-state index in [2.05, 4.69) is 0 Å². The Hall–Kier alpha value is -3.87. The van der Waals surface area contributed by atoms with E-state index < -0.39 is 6.10 Å². The van der Waals surface area contributed by atoms with E-state index in [1.54, 1.807) is 0 Å². The van der Waals surface area contributed by atoms with Crippen molar-refractivity contribution in [2.45, 2.75) is 25.6 Å². The number of benzene rings is 3. The zero-order valence-electron chi connectivity index (χ0n) is 17.4. The molecule has 1 fully saturated rings. The molecule has 7 heteroatoms. The molecule has 3 heterocycles.